The molecule has 0 N–H and O–H groups in total. The van der Waals surface area contributed by atoms with Crippen molar-refractivity contribution >= 4 is 0 Å². The fourth-order valence-corrected chi connectivity index (χ4v) is 3.39. The number of aryl methyl sites for hydroxylation is 2. The number of hydrogen-bond donors (Lipinski definition) is 0. The van der Waals surface area contributed by atoms with E-state index in [0.29, 0.717) is 6.61 Å². The fourth-order valence-electron chi connectivity index (χ4n) is 3.39. The zero-order valence-corrected chi connectivity index (χ0v) is 15.8. The molecular formula is C22H24O5. The molecule has 2 aliphatic rings. The first-order valence-corrected chi connectivity index (χ1v) is 9.10. The normalized spacial score (nSPS) is 27.1. The minimum absolute atomic E-state index is 0.162. The molecule has 2 aliphatic heterocycles. The third-order valence-electron chi connectivity index (χ3n) is 4.66. The molecule has 2 aromatic rings. The van der Waals surface area contributed by atoms with Crippen molar-refractivity contribution in [3.63, 3.8) is 0 Å². The van der Waals surface area contributed by atoms with Crippen molar-refractivity contribution in [1.29, 1.82) is 0 Å². The highest BCUT2D eigenvalue weighted by Gasteiger charge is 2.36. The molecule has 0 saturated carbocycles. The Labute approximate surface area is 159 Å². The van der Waals surface area contributed by atoms with E-state index in [9.17, 15) is 0 Å². The maximum atomic E-state index is 6.06. The van der Waals surface area contributed by atoms with Crippen LogP contribution in [0.5, 0.6) is 11.5 Å². The van der Waals surface area contributed by atoms with Gasteiger partial charge in [0.15, 0.2) is 6.29 Å². The molecule has 0 radical (unpaired) electrons. The highest BCUT2D eigenvalue weighted by molar-refractivity contribution is 5.33. The summed E-state index contributed by atoms with van der Waals surface area (Å²) >= 11 is 0. The Morgan fingerprint density at radius 2 is 1.63 bits per heavy atom. The number of hydrogen-bond acceptors (Lipinski definition) is 5. The molecule has 5 nitrogen and oxygen atoms in total. The van der Waals surface area contributed by atoms with E-state index in [1.807, 2.05) is 48.6 Å². The molecule has 0 aromatic heterocycles. The van der Waals surface area contributed by atoms with Gasteiger partial charge in [-0.1, -0.05) is 24.3 Å². The van der Waals surface area contributed by atoms with Gasteiger partial charge in [-0.2, -0.15) is 0 Å². The van der Waals surface area contributed by atoms with Crippen LogP contribution in [-0.4, -0.2) is 32.2 Å². The van der Waals surface area contributed by atoms with Crippen molar-refractivity contribution in [3.05, 3.63) is 71.3 Å². The van der Waals surface area contributed by atoms with Crippen LogP contribution >= 0.6 is 0 Å². The Morgan fingerprint density at radius 1 is 0.889 bits per heavy atom. The number of fused-ring (bicyclic) bond motifs is 1. The monoisotopic (exact) mass is 368 g/mol. The summed E-state index contributed by atoms with van der Waals surface area (Å²) in [6.45, 7) is 4.55. The first kappa shape index (κ1) is 18.0. The van der Waals surface area contributed by atoms with Crippen molar-refractivity contribution in [2.24, 2.45) is 0 Å². The minimum Gasteiger partial charge on any atom is -0.497 e. The summed E-state index contributed by atoms with van der Waals surface area (Å²) in [6.07, 6.45) is 2.68. The molecule has 0 amide bonds. The zero-order chi connectivity index (χ0) is 18.8. The van der Waals surface area contributed by atoms with Crippen LogP contribution in [0.1, 0.15) is 23.0 Å². The van der Waals surface area contributed by atoms with Crippen molar-refractivity contribution in [3.8, 4) is 11.5 Å². The largest absolute Gasteiger partial charge is 0.497 e. The maximum absolute atomic E-state index is 6.06. The van der Waals surface area contributed by atoms with Gasteiger partial charge in [-0.3, -0.25) is 0 Å². The van der Waals surface area contributed by atoms with Crippen molar-refractivity contribution in [1.82, 2.24) is 0 Å². The van der Waals surface area contributed by atoms with Gasteiger partial charge in [0.2, 0.25) is 6.29 Å². The van der Waals surface area contributed by atoms with Crippen molar-refractivity contribution in [2.45, 2.75) is 38.6 Å². The van der Waals surface area contributed by atoms with Gasteiger partial charge in [0.25, 0.3) is 0 Å². The fraction of sp³-hybridized carbons (Fsp3) is 0.364. The lowest BCUT2D eigenvalue weighted by Crippen LogP contribution is -2.46. The minimum atomic E-state index is -0.447. The molecule has 5 heteroatoms. The summed E-state index contributed by atoms with van der Waals surface area (Å²) in [7, 11) is 1.65. The van der Waals surface area contributed by atoms with E-state index in [-0.39, 0.29) is 12.2 Å². The average Bonchev–Trinajstić information content (AvgIpc) is 2.67. The van der Waals surface area contributed by atoms with E-state index in [1.54, 1.807) is 7.11 Å². The maximum Gasteiger partial charge on any atom is 0.220 e. The first-order valence-electron chi connectivity index (χ1n) is 9.10. The summed E-state index contributed by atoms with van der Waals surface area (Å²) in [5, 5.41) is 0. The number of rotatable bonds is 4. The molecule has 0 spiro atoms. The third-order valence-corrected chi connectivity index (χ3v) is 4.66. The van der Waals surface area contributed by atoms with Gasteiger partial charge in [0.1, 0.15) is 23.7 Å². The van der Waals surface area contributed by atoms with Crippen LogP contribution in [0.15, 0.2) is 54.6 Å². The molecule has 4 atom stereocenters. The smallest absolute Gasteiger partial charge is 0.220 e. The lowest BCUT2D eigenvalue weighted by molar-refractivity contribution is -0.275. The highest BCUT2D eigenvalue weighted by atomic mass is 16.7. The van der Waals surface area contributed by atoms with Crippen molar-refractivity contribution in [2.75, 3.05) is 13.7 Å². The summed E-state index contributed by atoms with van der Waals surface area (Å²) in [4.78, 5) is 0. The third kappa shape index (κ3) is 4.16. The van der Waals surface area contributed by atoms with E-state index in [0.717, 1.165) is 28.2 Å². The van der Waals surface area contributed by atoms with E-state index in [4.69, 9.17) is 23.7 Å². The van der Waals surface area contributed by atoms with Gasteiger partial charge in [-0.15, -0.1) is 0 Å². The Bertz CT molecular complexity index is 794. The van der Waals surface area contributed by atoms with Crippen LogP contribution in [-0.2, 0) is 14.2 Å². The van der Waals surface area contributed by atoms with E-state index < -0.39 is 12.6 Å². The Kier molecular flexibility index (Phi) is 5.16. The van der Waals surface area contributed by atoms with Crippen LogP contribution in [0.3, 0.4) is 0 Å². The van der Waals surface area contributed by atoms with Gasteiger partial charge in [0, 0.05) is 5.56 Å². The number of benzene rings is 2. The van der Waals surface area contributed by atoms with E-state index >= 15 is 0 Å². The molecule has 4 rings (SSSR count). The van der Waals surface area contributed by atoms with Crippen LogP contribution in [0, 0.1) is 13.8 Å². The Morgan fingerprint density at radius 3 is 2.33 bits per heavy atom. The van der Waals surface area contributed by atoms with Crippen molar-refractivity contribution < 1.29 is 23.7 Å². The lowest BCUT2D eigenvalue weighted by atomic mass is 10.1. The second kappa shape index (κ2) is 7.72. The van der Waals surface area contributed by atoms with Crippen LogP contribution in [0.4, 0.5) is 0 Å². The van der Waals surface area contributed by atoms with E-state index in [1.165, 1.54) is 0 Å². The Hall–Kier alpha value is -2.34. The van der Waals surface area contributed by atoms with Gasteiger partial charge in [-0.05, 0) is 55.3 Å². The summed E-state index contributed by atoms with van der Waals surface area (Å²) < 4.78 is 29.1. The second-order valence-electron chi connectivity index (χ2n) is 6.91. The zero-order valence-electron chi connectivity index (χ0n) is 15.8. The van der Waals surface area contributed by atoms with Crippen LogP contribution in [0.25, 0.3) is 0 Å². The SMILES string of the molecule is COc1ccc(C2OC[C@H]3O[C@@H](Oc4cc(C)cc(C)c4)C=C[C@@H]3O2)cc1. The average molecular weight is 368 g/mol. The Balaban J connectivity index is 1.40. The molecule has 27 heavy (non-hydrogen) atoms. The van der Waals surface area contributed by atoms with Crippen LogP contribution in [0.2, 0.25) is 0 Å². The second-order valence-corrected chi connectivity index (χ2v) is 6.91. The molecule has 0 aliphatic carbocycles. The van der Waals surface area contributed by atoms with Gasteiger partial charge in [-0.25, -0.2) is 0 Å². The van der Waals surface area contributed by atoms with E-state index in [2.05, 4.69) is 19.9 Å². The summed E-state index contributed by atoms with van der Waals surface area (Å²) in [5.41, 5.74) is 3.28. The predicted molar refractivity (Wildman–Crippen MR) is 101 cm³/mol. The topological polar surface area (TPSA) is 46.2 Å². The lowest BCUT2D eigenvalue weighted by Gasteiger charge is -2.38. The number of methoxy groups -OCH3 is 1. The first-order chi connectivity index (χ1) is 13.1. The number of ether oxygens (including phenoxy) is 5. The van der Waals surface area contributed by atoms with Gasteiger partial charge >= 0.3 is 0 Å². The van der Waals surface area contributed by atoms with Crippen LogP contribution < -0.4 is 9.47 Å². The summed E-state index contributed by atoms with van der Waals surface area (Å²) in [6, 6.07) is 13.8. The molecule has 142 valence electrons. The molecule has 1 fully saturated rings. The quantitative estimate of drug-likeness (QED) is 0.761. The molecule has 1 saturated heterocycles. The van der Waals surface area contributed by atoms with Gasteiger partial charge < -0.3 is 23.7 Å². The molecule has 1 unspecified atom stereocenters. The highest BCUT2D eigenvalue weighted by Crippen LogP contribution is 2.32. The summed E-state index contributed by atoms with van der Waals surface area (Å²) in [5.74, 6) is 1.61. The molecule has 0 bridgehead atoms. The standard InChI is InChI=1S/C22H24O5/c1-14-10-15(2)12-18(11-14)25-21-9-8-19-20(26-21)13-24-22(27-19)16-4-6-17(23-3)7-5-16/h4-12,19-22H,13H2,1-3H3/t19-,20+,21+,22?/m0/s1. The molecule has 2 heterocycles. The molecular weight excluding hydrogens is 344 g/mol. The van der Waals surface area contributed by atoms with Gasteiger partial charge in [0.05, 0.1) is 13.7 Å². The molecule has 2 aromatic carbocycles. The predicted octanol–water partition coefficient (Wildman–Crippen LogP) is 4.09.